The second-order valence-electron chi connectivity index (χ2n) is 6.72. The zero-order valence-corrected chi connectivity index (χ0v) is 14.6. The number of hydrogen-bond acceptors (Lipinski definition) is 5. The molecule has 1 saturated heterocycles. The lowest BCUT2D eigenvalue weighted by atomic mass is 9.96. The lowest BCUT2D eigenvalue weighted by Gasteiger charge is -2.34. The van der Waals surface area contributed by atoms with E-state index in [1.54, 1.807) is 0 Å². The van der Waals surface area contributed by atoms with Crippen molar-refractivity contribution in [3.8, 4) is 11.3 Å². The van der Waals surface area contributed by atoms with Crippen LogP contribution in [0.5, 0.6) is 0 Å². The fourth-order valence-corrected chi connectivity index (χ4v) is 3.53. The lowest BCUT2D eigenvalue weighted by molar-refractivity contribution is 0.136. The number of nitrogens with one attached hydrogen (secondary N) is 1. The molecule has 0 aliphatic carbocycles. The minimum atomic E-state index is 0.132. The molecule has 1 N–H and O–H groups in total. The summed E-state index contributed by atoms with van der Waals surface area (Å²) in [4.78, 5) is 10.6. The van der Waals surface area contributed by atoms with Gasteiger partial charge in [0.15, 0.2) is 0 Å². The molecule has 2 aromatic heterocycles. The Morgan fingerprint density at radius 2 is 2.08 bits per heavy atom. The summed E-state index contributed by atoms with van der Waals surface area (Å²) in [6.07, 6.45) is 4.23. The topological polar surface area (TPSA) is 70.8 Å². The molecule has 6 nitrogen and oxygen atoms in total. The molecule has 0 amide bonds. The molecule has 0 saturated carbocycles. The van der Waals surface area contributed by atoms with Gasteiger partial charge in [0.2, 0.25) is 11.8 Å². The number of benzene rings is 1. The van der Waals surface area contributed by atoms with Gasteiger partial charge in [0.05, 0.1) is 17.9 Å². The Morgan fingerprint density at radius 1 is 1.24 bits per heavy atom. The van der Waals surface area contributed by atoms with Crippen molar-refractivity contribution in [3.63, 3.8) is 0 Å². The highest BCUT2D eigenvalue weighted by atomic mass is 16.4. The molecule has 0 unspecified atom stereocenters. The van der Waals surface area contributed by atoms with E-state index in [0.717, 1.165) is 37.4 Å². The van der Waals surface area contributed by atoms with Gasteiger partial charge in [0.25, 0.3) is 0 Å². The third kappa shape index (κ3) is 3.35. The molecule has 3 heterocycles. The third-order valence-corrected chi connectivity index (χ3v) is 4.97. The van der Waals surface area contributed by atoms with Crippen molar-refractivity contribution in [2.75, 3.05) is 13.1 Å². The van der Waals surface area contributed by atoms with Crippen molar-refractivity contribution in [1.82, 2.24) is 25.1 Å². The zero-order valence-electron chi connectivity index (χ0n) is 14.6. The van der Waals surface area contributed by atoms with Gasteiger partial charge < -0.3 is 9.40 Å². The van der Waals surface area contributed by atoms with Crippen molar-refractivity contribution in [2.24, 2.45) is 0 Å². The number of aromatic amines is 1. The van der Waals surface area contributed by atoms with E-state index < -0.39 is 0 Å². The van der Waals surface area contributed by atoms with Crippen LogP contribution in [0, 0.1) is 6.92 Å². The number of piperidine rings is 1. The summed E-state index contributed by atoms with van der Waals surface area (Å²) in [6, 6.07) is 10.5. The van der Waals surface area contributed by atoms with Gasteiger partial charge in [0, 0.05) is 19.4 Å². The molecule has 0 spiro atoms. The average Bonchev–Trinajstić information content (AvgIpc) is 3.31. The van der Waals surface area contributed by atoms with E-state index in [1.807, 2.05) is 31.3 Å². The summed E-state index contributed by atoms with van der Waals surface area (Å²) in [5.74, 6) is 2.78. The Balaban J connectivity index is 1.49. The summed E-state index contributed by atoms with van der Waals surface area (Å²) in [5, 5.41) is 8.14. The van der Waals surface area contributed by atoms with Crippen molar-refractivity contribution in [1.29, 1.82) is 0 Å². The predicted molar refractivity (Wildman–Crippen MR) is 95.0 cm³/mol. The molecule has 1 fully saturated rings. The quantitative estimate of drug-likeness (QED) is 0.786. The Kier molecular flexibility index (Phi) is 4.36. The Labute approximate surface area is 147 Å². The third-order valence-electron chi connectivity index (χ3n) is 4.97. The molecule has 1 aromatic carbocycles. The van der Waals surface area contributed by atoms with E-state index in [0.29, 0.717) is 17.7 Å². The maximum atomic E-state index is 5.61. The zero-order chi connectivity index (χ0) is 17.2. The molecule has 4 rings (SSSR count). The van der Waals surface area contributed by atoms with Gasteiger partial charge in [-0.2, -0.15) is 0 Å². The van der Waals surface area contributed by atoms with Crippen LogP contribution in [-0.2, 0) is 0 Å². The van der Waals surface area contributed by atoms with E-state index in [4.69, 9.17) is 4.42 Å². The normalized spacial score (nSPS) is 19.8. The monoisotopic (exact) mass is 337 g/mol. The highest BCUT2D eigenvalue weighted by Gasteiger charge is 2.29. The van der Waals surface area contributed by atoms with Crippen LogP contribution in [0.3, 0.4) is 0 Å². The Bertz CT molecular complexity index is 825. The lowest BCUT2D eigenvalue weighted by Crippen LogP contribution is -2.36. The summed E-state index contributed by atoms with van der Waals surface area (Å²) < 4.78 is 5.61. The van der Waals surface area contributed by atoms with Gasteiger partial charge in [0.1, 0.15) is 5.82 Å². The first-order valence-electron chi connectivity index (χ1n) is 8.85. The van der Waals surface area contributed by atoms with Gasteiger partial charge in [-0.15, -0.1) is 10.2 Å². The Hall–Kier alpha value is -2.47. The molecular weight excluding hydrogens is 314 g/mol. The first-order valence-corrected chi connectivity index (χ1v) is 8.85. The highest BCUT2D eigenvalue weighted by Crippen LogP contribution is 2.31. The van der Waals surface area contributed by atoms with Crippen LogP contribution in [-0.4, -0.2) is 38.2 Å². The molecule has 6 heteroatoms. The van der Waals surface area contributed by atoms with Crippen molar-refractivity contribution in [3.05, 3.63) is 54.1 Å². The van der Waals surface area contributed by atoms with Gasteiger partial charge >= 0.3 is 0 Å². The van der Waals surface area contributed by atoms with Crippen LogP contribution in [0.2, 0.25) is 0 Å². The maximum Gasteiger partial charge on any atom is 0.233 e. The largest absolute Gasteiger partial charge is 0.424 e. The molecule has 25 heavy (non-hydrogen) atoms. The van der Waals surface area contributed by atoms with Gasteiger partial charge in [-0.25, -0.2) is 4.98 Å². The van der Waals surface area contributed by atoms with Crippen LogP contribution in [0.1, 0.15) is 49.3 Å². The second-order valence-corrected chi connectivity index (χ2v) is 6.72. The van der Waals surface area contributed by atoms with Crippen LogP contribution in [0.15, 0.2) is 40.9 Å². The summed E-state index contributed by atoms with van der Waals surface area (Å²) in [5.41, 5.74) is 2.25. The molecule has 2 atom stereocenters. The first-order chi connectivity index (χ1) is 12.2. The number of rotatable bonds is 4. The van der Waals surface area contributed by atoms with Crippen LogP contribution in [0.4, 0.5) is 0 Å². The molecule has 0 radical (unpaired) electrons. The molecular formula is C19H23N5O. The van der Waals surface area contributed by atoms with Gasteiger partial charge in [-0.1, -0.05) is 30.3 Å². The van der Waals surface area contributed by atoms with Crippen LogP contribution >= 0.6 is 0 Å². The van der Waals surface area contributed by atoms with Crippen molar-refractivity contribution >= 4 is 0 Å². The predicted octanol–water partition coefficient (Wildman–Crippen LogP) is 3.71. The summed E-state index contributed by atoms with van der Waals surface area (Å²) in [6.45, 7) is 5.96. The number of likely N-dealkylation sites (tertiary alicyclic amines) is 1. The number of H-pyrrole nitrogens is 1. The minimum absolute atomic E-state index is 0.132. The van der Waals surface area contributed by atoms with Crippen LogP contribution < -0.4 is 0 Å². The van der Waals surface area contributed by atoms with E-state index >= 15 is 0 Å². The number of nitrogens with zero attached hydrogens (tertiary/aromatic N) is 4. The number of imidazole rings is 1. The maximum absolute atomic E-state index is 5.61. The fraction of sp³-hybridized carbons (Fsp3) is 0.421. The Morgan fingerprint density at radius 3 is 2.84 bits per heavy atom. The standard InChI is InChI=1S/C19H23N5O/c1-13(19-23-22-14(2)25-19)24-10-6-9-16(12-24)18-20-11-17(21-18)15-7-4-3-5-8-15/h3-5,7-8,11,13,16H,6,9-10,12H2,1-2H3,(H,20,21)/t13-,16+/m1/s1. The minimum Gasteiger partial charge on any atom is -0.424 e. The van der Waals surface area contributed by atoms with E-state index in [9.17, 15) is 0 Å². The molecule has 1 aliphatic heterocycles. The average molecular weight is 337 g/mol. The second kappa shape index (κ2) is 6.80. The van der Waals surface area contributed by atoms with Gasteiger partial charge in [-0.3, -0.25) is 4.90 Å². The van der Waals surface area contributed by atoms with Gasteiger partial charge in [-0.05, 0) is 31.9 Å². The summed E-state index contributed by atoms with van der Waals surface area (Å²) >= 11 is 0. The molecule has 130 valence electrons. The molecule has 1 aliphatic rings. The highest BCUT2D eigenvalue weighted by molar-refractivity contribution is 5.58. The molecule has 3 aromatic rings. The summed E-state index contributed by atoms with van der Waals surface area (Å²) in [7, 11) is 0. The number of aromatic nitrogens is 4. The van der Waals surface area contributed by atoms with Crippen LogP contribution in [0.25, 0.3) is 11.3 Å². The smallest absolute Gasteiger partial charge is 0.233 e. The van der Waals surface area contributed by atoms with E-state index in [2.05, 4.69) is 44.1 Å². The van der Waals surface area contributed by atoms with E-state index in [-0.39, 0.29) is 6.04 Å². The fourth-order valence-electron chi connectivity index (χ4n) is 3.53. The number of hydrogen-bond donors (Lipinski definition) is 1. The molecule has 0 bridgehead atoms. The van der Waals surface area contributed by atoms with E-state index in [1.165, 1.54) is 5.56 Å². The SMILES string of the molecule is Cc1nnc([C@@H](C)N2CCC[C@H](c3ncc(-c4ccccc4)[nH]3)C2)o1. The number of aryl methyl sites for hydroxylation is 1. The van der Waals surface area contributed by atoms with Crippen molar-refractivity contribution in [2.45, 2.75) is 38.6 Å². The van der Waals surface area contributed by atoms with Crippen molar-refractivity contribution < 1.29 is 4.42 Å². The first kappa shape index (κ1) is 16.0.